The van der Waals surface area contributed by atoms with Gasteiger partial charge in [-0.15, -0.1) is 0 Å². The molecule has 0 bridgehead atoms. The van der Waals surface area contributed by atoms with Crippen LogP contribution in [0.1, 0.15) is 19.8 Å². The van der Waals surface area contributed by atoms with Crippen LogP contribution in [-0.2, 0) is 4.74 Å². The molecular weight excluding hydrogens is 296 g/mol. The minimum Gasteiger partial charge on any atom is -0.495 e. The molecule has 0 radical (unpaired) electrons. The molecule has 1 amide bonds. The van der Waals surface area contributed by atoms with Crippen LogP contribution in [0.2, 0.25) is 0 Å². The number of guanidine groups is 1. The van der Waals surface area contributed by atoms with Crippen molar-refractivity contribution in [1.29, 1.82) is 0 Å². The Balaban J connectivity index is 1.92. The van der Waals surface area contributed by atoms with Gasteiger partial charge in [0.2, 0.25) is 0 Å². The Morgan fingerprint density at radius 1 is 1.43 bits per heavy atom. The van der Waals surface area contributed by atoms with Gasteiger partial charge in [0.25, 0.3) is 0 Å². The summed E-state index contributed by atoms with van der Waals surface area (Å²) in [5.41, 5.74) is 6.67. The van der Waals surface area contributed by atoms with E-state index in [1.807, 2.05) is 24.3 Å². The number of amides is 1. The Kier molecular flexibility index (Phi) is 6.08. The Morgan fingerprint density at radius 2 is 2.17 bits per heavy atom. The number of benzene rings is 1. The summed E-state index contributed by atoms with van der Waals surface area (Å²) in [6, 6.07) is 7.41. The van der Waals surface area contributed by atoms with Gasteiger partial charge in [0.1, 0.15) is 5.75 Å². The first-order valence-corrected chi connectivity index (χ1v) is 7.77. The quantitative estimate of drug-likeness (QED) is 0.527. The largest absolute Gasteiger partial charge is 0.495 e. The van der Waals surface area contributed by atoms with E-state index in [0.29, 0.717) is 24.8 Å². The van der Waals surface area contributed by atoms with Crippen LogP contribution in [0.4, 0.5) is 10.5 Å². The van der Waals surface area contributed by atoms with Gasteiger partial charge in [0.05, 0.1) is 32.0 Å². The molecule has 7 nitrogen and oxygen atoms in total. The maximum Gasteiger partial charge on any atom is 0.407 e. The lowest BCUT2D eigenvalue weighted by Gasteiger charge is -2.16. The van der Waals surface area contributed by atoms with E-state index in [0.717, 1.165) is 18.5 Å². The number of alkyl carbamates (subject to hydrolysis) is 1. The molecule has 1 saturated carbocycles. The fourth-order valence-corrected chi connectivity index (χ4v) is 2.26. The van der Waals surface area contributed by atoms with Gasteiger partial charge >= 0.3 is 6.09 Å². The van der Waals surface area contributed by atoms with E-state index in [2.05, 4.69) is 15.6 Å². The first kappa shape index (κ1) is 16.9. The molecule has 0 heterocycles. The highest BCUT2D eigenvalue weighted by atomic mass is 16.5. The number of ether oxygens (including phenoxy) is 2. The van der Waals surface area contributed by atoms with E-state index >= 15 is 0 Å². The standard InChI is InChI=1S/C16H24N4O3/c1-3-23-16(21)20-13(11-8-9-11)10-18-15(17)19-12-6-4-5-7-14(12)22-2/h4-7,11,13H,3,8-10H2,1-2H3,(H,20,21)(H3,17,18,19). The van der Waals surface area contributed by atoms with Crippen LogP contribution in [0.25, 0.3) is 0 Å². The summed E-state index contributed by atoms with van der Waals surface area (Å²) in [6.07, 6.45) is 1.77. The topological polar surface area (TPSA) is 98.0 Å². The molecule has 0 aromatic heterocycles. The summed E-state index contributed by atoms with van der Waals surface area (Å²) in [4.78, 5) is 15.9. The van der Waals surface area contributed by atoms with Crippen molar-refractivity contribution in [2.45, 2.75) is 25.8 Å². The number of hydrogen-bond acceptors (Lipinski definition) is 4. The molecular formula is C16H24N4O3. The molecule has 1 unspecified atom stereocenters. The molecule has 4 N–H and O–H groups in total. The molecule has 1 aromatic carbocycles. The van der Waals surface area contributed by atoms with Crippen LogP contribution in [0.15, 0.2) is 29.3 Å². The third-order valence-corrected chi connectivity index (χ3v) is 3.60. The number of nitrogens with one attached hydrogen (secondary N) is 2. The third-order valence-electron chi connectivity index (χ3n) is 3.60. The maximum absolute atomic E-state index is 11.6. The van der Waals surface area contributed by atoms with E-state index in [-0.39, 0.29) is 12.0 Å². The Bertz CT molecular complexity index is 558. The molecule has 23 heavy (non-hydrogen) atoms. The van der Waals surface area contributed by atoms with Gasteiger partial charge in [0.15, 0.2) is 5.96 Å². The number of para-hydroxylation sites is 2. The Hall–Kier alpha value is -2.44. The van der Waals surface area contributed by atoms with Gasteiger partial charge in [-0.2, -0.15) is 0 Å². The van der Waals surface area contributed by atoms with Crippen molar-refractivity contribution in [3.63, 3.8) is 0 Å². The summed E-state index contributed by atoms with van der Waals surface area (Å²) in [7, 11) is 1.60. The fourth-order valence-electron chi connectivity index (χ4n) is 2.26. The van der Waals surface area contributed by atoms with Gasteiger partial charge in [0, 0.05) is 0 Å². The van der Waals surface area contributed by atoms with Crippen LogP contribution >= 0.6 is 0 Å². The molecule has 2 rings (SSSR count). The summed E-state index contributed by atoms with van der Waals surface area (Å²) in [5.74, 6) is 1.42. The smallest absolute Gasteiger partial charge is 0.407 e. The number of nitrogens with zero attached hydrogens (tertiary/aromatic N) is 1. The van der Waals surface area contributed by atoms with Crippen molar-refractivity contribution in [3.8, 4) is 5.75 Å². The van der Waals surface area contributed by atoms with Crippen molar-refractivity contribution in [1.82, 2.24) is 5.32 Å². The molecule has 0 saturated heterocycles. The number of hydrogen-bond donors (Lipinski definition) is 3. The minimum atomic E-state index is -0.407. The second-order valence-corrected chi connectivity index (χ2v) is 5.36. The molecule has 126 valence electrons. The highest BCUT2D eigenvalue weighted by Gasteiger charge is 2.32. The van der Waals surface area contributed by atoms with Crippen LogP contribution < -0.4 is 21.1 Å². The van der Waals surface area contributed by atoms with Gasteiger partial charge in [-0.1, -0.05) is 12.1 Å². The van der Waals surface area contributed by atoms with Crippen LogP contribution in [0.3, 0.4) is 0 Å². The first-order chi connectivity index (χ1) is 11.1. The normalized spacial score (nSPS) is 15.7. The van der Waals surface area contributed by atoms with Crippen LogP contribution in [0.5, 0.6) is 5.75 Å². The molecule has 1 atom stereocenters. The van der Waals surface area contributed by atoms with Crippen molar-refractivity contribution < 1.29 is 14.3 Å². The monoisotopic (exact) mass is 320 g/mol. The predicted octanol–water partition coefficient (Wildman–Crippen LogP) is 1.95. The summed E-state index contributed by atoms with van der Waals surface area (Å²) >= 11 is 0. The van der Waals surface area contributed by atoms with Gasteiger partial charge in [-0.05, 0) is 37.8 Å². The number of aliphatic imine (C=N–C) groups is 1. The number of nitrogens with two attached hydrogens (primary N) is 1. The number of carbonyl (C=O) groups excluding carboxylic acids is 1. The Morgan fingerprint density at radius 3 is 2.83 bits per heavy atom. The van der Waals surface area contributed by atoms with Crippen LogP contribution in [0, 0.1) is 5.92 Å². The van der Waals surface area contributed by atoms with Crippen molar-refractivity contribution >= 4 is 17.7 Å². The average Bonchev–Trinajstić information content (AvgIpc) is 3.37. The average molecular weight is 320 g/mol. The molecule has 7 heteroatoms. The Labute approximate surface area is 136 Å². The lowest BCUT2D eigenvalue weighted by atomic mass is 10.2. The zero-order chi connectivity index (χ0) is 16.7. The van der Waals surface area contributed by atoms with Gasteiger partial charge in [-0.25, -0.2) is 4.79 Å². The predicted molar refractivity (Wildman–Crippen MR) is 89.8 cm³/mol. The lowest BCUT2D eigenvalue weighted by Crippen LogP contribution is -2.39. The minimum absolute atomic E-state index is 0.0490. The zero-order valence-electron chi connectivity index (χ0n) is 13.5. The van der Waals surface area contributed by atoms with E-state index in [1.165, 1.54) is 0 Å². The summed E-state index contributed by atoms with van der Waals surface area (Å²) < 4.78 is 10.2. The fraction of sp³-hybridized carbons (Fsp3) is 0.500. The van der Waals surface area contributed by atoms with Crippen molar-refractivity contribution in [2.75, 3.05) is 25.6 Å². The zero-order valence-corrected chi connectivity index (χ0v) is 13.5. The molecule has 1 aliphatic carbocycles. The molecule has 1 fully saturated rings. The molecule has 1 aliphatic rings. The molecule has 0 aliphatic heterocycles. The van der Waals surface area contributed by atoms with E-state index in [9.17, 15) is 4.79 Å². The SMILES string of the molecule is CCOC(=O)NC(CN=C(N)Nc1ccccc1OC)C1CC1. The second-order valence-electron chi connectivity index (χ2n) is 5.36. The highest BCUT2D eigenvalue weighted by Crippen LogP contribution is 2.32. The van der Waals surface area contributed by atoms with Crippen LogP contribution in [-0.4, -0.2) is 38.4 Å². The number of rotatable bonds is 7. The second kappa shape index (κ2) is 8.26. The number of carbonyl (C=O) groups is 1. The number of anilines is 1. The molecule has 0 spiro atoms. The van der Waals surface area contributed by atoms with Crippen molar-refractivity contribution in [2.24, 2.45) is 16.6 Å². The molecule has 1 aromatic rings. The summed E-state index contributed by atoms with van der Waals surface area (Å²) in [5, 5.41) is 5.86. The summed E-state index contributed by atoms with van der Waals surface area (Å²) in [6.45, 7) is 2.54. The van der Waals surface area contributed by atoms with E-state index in [1.54, 1.807) is 14.0 Å². The van der Waals surface area contributed by atoms with Crippen molar-refractivity contribution in [3.05, 3.63) is 24.3 Å². The number of methoxy groups -OCH3 is 1. The first-order valence-electron chi connectivity index (χ1n) is 7.77. The maximum atomic E-state index is 11.6. The third kappa shape index (κ3) is 5.36. The lowest BCUT2D eigenvalue weighted by molar-refractivity contribution is 0.147. The van der Waals surface area contributed by atoms with E-state index < -0.39 is 6.09 Å². The van der Waals surface area contributed by atoms with Gasteiger partial charge < -0.3 is 25.8 Å². The highest BCUT2D eigenvalue weighted by molar-refractivity contribution is 5.93. The van der Waals surface area contributed by atoms with Gasteiger partial charge in [-0.3, -0.25) is 4.99 Å². The van der Waals surface area contributed by atoms with E-state index in [4.69, 9.17) is 15.2 Å².